The van der Waals surface area contributed by atoms with Crippen LogP contribution in [0.2, 0.25) is 0 Å². The lowest BCUT2D eigenvalue weighted by atomic mass is 10.1. The standard InChI is InChI=1S/C21H29NO3/c1-24-19-16-15-18(17-20(19)25-2)13-11-9-7-5-3-4-6-8-10-12-14-21(22)23/h3-8,15-17H,9-14H2,1-2H3,(H2,22,23). The summed E-state index contributed by atoms with van der Waals surface area (Å²) in [6.45, 7) is 0. The lowest BCUT2D eigenvalue weighted by Crippen LogP contribution is -2.09. The van der Waals surface area contributed by atoms with E-state index in [0.29, 0.717) is 6.42 Å². The third kappa shape index (κ3) is 9.40. The number of hydrogen-bond acceptors (Lipinski definition) is 3. The summed E-state index contributed by atoms with van der Waals surface area (Å²) in [5, 5.41) is 0. The Labute approximate surface area is 151 Å². The Morgan fingerprint density at radius 3 is 2.20 bits per heavy atom. The fraction of sp³-hybridized carbons (Fsp3) is 0.381. The van der Waals surface area contributed by atoms with Crippen molar-refractivity contribution in [3.63, 3.8) is 0 Å². The van der Waals surface area contributed by atoms with Gasteiger partial charge < -0.3 is 15.2 Å². The van der Waals surface area contributed by atoms with E-state index in [9.17, 15) is 4.79 Å². The number of ether oxygens (including phenoxy) is 2. The fourth-order valence-electron chi connectivity index (χ4n) is 2.33. The van der Waals surface area contributed by atoms with Gasteiger partial charge in [0.2, 0.25) is 5.91 Å². The number of nitrogens with two attached hydrogens (primary N) is 1. The number of amides is 1. The highest BCUT2D eigenvalue weighted by molar-refractivity contribution is 5.73. The van der Waals surface area contributed by atoms with Crippen molar-refractivity contribution in [3.05, 3.63) is 60.2 Å². The molecular weight excluding hydrogens is 314 g/mol. The van der Waals surface area contributed by atoms with Gasteiger partial charge in [-0.25, -0.2) is 0 Å². The van der Waals surface area contributed by atoms with Crippen LogP contribution in [0.25, 0.3) is 0 Å². The van der Waals surface area contributed by atoms with Crippen LogP contribution in [0.1, 0.15) is 37.7 Å². The van der Waals surface area contributed by atoms with Crippen molar-refractivity contribution in [2.75, 3.05) is 14.2 Å². The van der Waals surface area contributed by atoms with E-state index in [1.54, 1.807) is 14.2 Å². The van der Waals surface area contributed by atoms with Crippen LogP contribution in [-0.4, -0.2) is 20.1 Å². The van der Waals surface area contributed by atoms with Crippen molar-refractivity contribution >= 4 is 5.91 Å². The van der Waals surface area contributed by atoms with Crippen LogP contribution < -0.4 is 15.2 Å². The molecule has 0 unspecified atom stereocenters. The van der Waals surface area contributed by atoms with Gasteiger partial charge >= 0.3 is 0 Å². The minimum Gasteiger partial charge on any atom is -0.493 e. The first-order valence-electron chi connectivity index (χ1n) is 8.65. The van der Waals surface area contributed by atoms with Crippen LogP contribution in [0, 0.1) is 0 Å². The van der Waals surface area contributed by atoms with Crippen molar-refractivity contribution < 1.29 is 14.3 Å². The average molecular weight is 343 g/mol. The molecule has 0 radical (unpaired) electrons. The van der Waals surface area contributed by atoms with Gasteiger partial charge in [0.15, 0.2) is 11.5 Å². The molecule has 25 heavy (non-hydrogen) atoms. The first-order chi connectivity index (χ1) is 12.2. The molecule has 1 aromatic rings. The maximum Gasteiger partial charge on any atom is 0.217 e. The molecule has 0 aliphatic heterocycles. The smallest absolute Gasteiger partial charge is 0.217 e. The molecule has 0 heterocycles. The molecule has 0 spiro atoms. The zero-order valence-electron chi connectivity index (χ0n) is 15.2. The zero-order chi connectivity index (χ0) is 18.3. The normalized spacial score (nSPS) is 11.6. The molecule has 2 N–H and O–H groups in total. The largest absolute Gasteiger partial charge is 0.493 e. The Hall–Kier alpha value is -2.49. The minimum atomic E-state index is -0.236. The molecule has 0 fully saturated rings. The van der Waals surface area contributed by atoms with Crippen molar-refractivity contribution in [2.45, 2.75) is 38.5 Å². The number of carbonyl (C=O) groups excluding carboxylic acids is 1. The number of aryl methyl sites for hydroxylation is 1. The van der Waals surface area contributed by atoms with Crippen LogP contribution in [0.15, 0.2) is 54.7 Å². The SMILES string of the molecule is COc1ccc(CCCC=CC=CC=CCCCC(N)=O)cc1OC. The van der Waals surface area contributed by atoms with Crippen LogP contribution in [0.4, 0.5) is 0 Å². The number of hydrogen-bond donors (Lipinski definition) is 1. The first kappa shape index (κ1) is 20.6. The molecule has 0 bridgehead atoms. The minimum absolute atomic E-state index is 0.236. The van der Waals surface area contributed by atoms with E-state index in [4.69, 9.17) is 15.2 Å². The fourth-order valence-corrected chi connectivity index (χ4v) is 2.33. The monoisotopic (exact) mass is 343 g/mol. The number of unbranched alkanes of at least 4 members (excludes halogenated alkanes) is 2. The van der Waals surface area contributed by atoms with Crippen LogP contribution in [-0.2, 0) is 11.2 Å². The molecular formula is C21H29NO3. The second kappa shape index (κ2) is 12.9. The second-order valence-electron chi connectivity index (χ2n) is 5.68. The highest BCUT2D eigenvalue weighted by atomic mass is 16.5. The van der Waals surface area contributed by atoms with Gasteiger partial charge in [0.25, 0.3) is 0 Å². The topological polar surface area (TPSA) is 61.5 Å². The van der Waals surface area contributed by atoms with Crippen LogP contribution in [0.3, 0.4) is 0 Å². The second-order valence-corrected chi connectivity index (χ2v) is 5.68. The molecule has 0 aromatic heterocycles. The Morgan fingerprint density at radius 1 is 0.960 bits per heavy atom. The third-order valence-electron chi connectivity index (χ3n) is 3.68. The summed E-state index contributed by atoms with van der Waals surface area (Å²) in [5.41, 5.74) is 6.33. The molecule has 0 aliphatic carbocycles. The summed E-state index contributed by atoms with van der Waals surface area (Å²) in [6.07, 6.45) is 17.5. The number of methoxy groups -OCH3 is 2. The molecule has 4 nitrogen and oxygen atoms in total. The predicted octanol–water partition coefficient (Wildman–Crippen LogP) is 4.35. The highest BCUT2D eigenvalue weighted by Crippen LogP contribution is 2.28. The summed E-state index contributed by atoms with van der Waals surface area (Å²) in [5.74, 6) is 1.31. The Morgan fingerprint density at radius 2 is 1.60 bits per heavy atom. The van der Waals surface area contributed by atoms with E-state index < -0.39 is 0 Å². The van der Waals surface area contributed by atoms with Crippen LogP contribution in [0.5, 0.6) is 11.5 Å². The van der Waals surface area contributed by atoms with Gasteiger partial charge in [-0.05, 0) is 49.8 Å². The van der Waals surface area contributed by atoms with Crippen molar-refractivity contribution in [1.82, 2.24) is 0 Å². The van der Waals surface area contributed by atoms with Crippen LogP contribution >= 0.6 is 0 Å². The van der Waals surface area contributed by atoms with Gasteiger partial charge in [-0.1, -0.05) is 42.5 Å². The van der Waals surface area contributed by atoms with E-state index >= 15 is 0 Å². The van der Waals surface area contributed by atoms with E-state index in [1.165, 1.54) is 5.56 Å². The number of benzene rings is 1. The molecule has 1 rings (SSSR count). The summed E-state index contributed by atoms with van der Waals surface area (Å²) >= 11 is 0. The van der Waals surface area contributed by atoms with Crippen molar-refractivity contribution in [3.8, 4) is 11.5 Å². The summed E-state index contributed by atoms with van der Waals surface area (Å²) in [4.78, 5) is 10.6. The number of primary amides is 1. The maximum absolute atomic E-state index is 10.6. The van der Waals surface area contributed by atoms with E-state index in [-0.39, 0.29) is 5.91 Å². The molecule has 0 atom stereocenters. The van der Waals surface area contributed by atoms with Gasteiger partial charge in [-0.3, -0.25) is 4.79 Å². The van der Waals surface area contributed by atoms with E-state index in [2.05, 4.69) is 18.2 Å². The Bertz CT molecular complexity index is 603. The Kier molecular flexibility index (Phi) is 10.6. The van der Waals surface area contributed by atoms with Gasteiger partial charge in [-0.2, -0.15) is 0 Å². The lowest BCUT2D eigenvalue weighted by Gasteiger charge is -2.09. The number of allylic oxidation sites excluding steroid dienone is 6. The summed E-state index contributed by atoms with van der Waals surface area (Å²) in [7, 11) is 3.30. The van der Waals surface area contributed by atoms with Gasteiger partial charge in [0, 0.05) is 6.42 Å². The van der Waals surface area contributed by atoms with Crippen molar-refractivity contribution in [2.24, 2.45) is 5.73 Å². The quantitative estimate of drug-likeness (QED) is 0.453. The maximum atomic E-state index is 10.6. The average Bonchev–Trinajstić information content (AvgIpc) is 2.62. The lowest BCUT2D eigenvalue weighted by molar-refractivity contribution is -0.118. The van der Waals surface area contributed by atoms with Gasteiger partial charge in [0.05, 0.1) is 14.2 Å². The highest BCUT2D eigenvalue weighted by Gasteiger charge is 2.03. The molecule has 0 saturated carbocycles. The van der Waals surface area contributed by atoms with Gasteiger partial charge in [0.1, 0.15) is 0 Å². The molecule has 136 valence electrons. The van der Waals surface area contributed by atoms with E-state index in [0.717, 1.165) is 43.6 Å². The van der Waals surface area contributed by atoms with Gasteiger partial charge in [-0.15, -0.1) is 0 Å². The molecule has 1 amide bonds. The summed E-state index contributed by atoms with van der Waals surface area (Å²) in [6, 6.07) is 6.06. The van der Waals surface area contributed by atoms with Crippen molar-refractivity contribution in [1.29, 1.82) is 0 Å². The summed E-state index contributed by atoms with van der Waals surface area (Å²) < 4.78 is 10.6. The molecule has 1 aromatic carbocycles. The van der Waals surface area contributed by atoms with E-state index in [1.807, 2.05) is 36.4 Å². The first-order valence-corrected chi connectivity index (χ1v) is 8.65. The number of rotatable bonds is 12. The Balaban J connectivity index is 2.20. The zero-order valence-corrected chi connectivity index (χ0v) is 15.2. The molecule has 0 aliphatic rings. The number of carbonyl (C=O) groups is 1. The molecule has 4 heteroatoms. The molecule has 0 saturated heterocycles. The predicted molar refractivity (Wildman–Crippen MR) is 103 cm³/mol. The third-order valence-corrected chi connectivity index (χ3v) is 3.68.